The zero-order valence-electron chi connectivity index (χ0n) is 14.5. The Morgan fingerprint density at radius 1 is 0.875 bits per heavy atom. The topological polar surface area (TPSA) is 74.6 Å². The van der Waals surface area contributed by atoms with Gasteiger partial charge in [0.1, 0.15) is 0 Å². The van der Waals surface area contributed by atoms with Crippen molar-refractivity contribution in [3.8, 4) is 0 Å². The van der Waals surface area contributed by atoms with Crippen LogP contribution in [0.2, 0.25) is 0 Å². The first-order valence-electron chi connectivity index (χ1n) is 8.04. The van der Waals surface area contributed by atoms with Crippen LogP contribution in [-0.4, -0.2) is 22.2 Å². The molecule has 0 aliphatic rings. The number of carboxylic acid groups (broad SMARTS) is 2. The van der Waals surface area contributed by atoms with E-state index < -0.39 is 11.9 Å². The van der Waals surface area contributed by atoms with E-state index in [0.29, 0.717) is 12.2 Å². The highest BCUT2D eigenvalue weighted by Crippen LogP contribution is 2.02. The maximum absolute atomic E-state index is 9.55. The standard InChI is InChI=1S/C16H24.C4H4O4/c1-3-5-7-9-11-13-15-16-14-12-10-8-6-4-2;5-3(6)1-2-4(7)8/h3,7,9,11,13-16H,4,6,8,10,12H2,1-2H3;1-2H,(H,5,6)(H,7,8)/b;2-1+. The second kappa shape index (κ2) is 20.4. The third-order valence-corrected chi connectivity index (χ3v) is 2.53. The fraction of sp³-hybridized carbons (Fsp3) is 0.350. The van der Waals surface area contributed by atoms with Gasteiger partial charge in [-0.15, -0.1) is 5.73 Å². The number of carbonyl (C=O) groups is 2. The SMILES string of the molecule is CC=C=CC=CC=CC=CCCCCCC.O=C(O)/C=C/C(=O)O. The van der Waals surface area contributed by atoms with E-state index >= 15 is 0 Å². The summed E-state index contributed by atoms with van der Waals surface area (Å²) in [4.78, 5) is 19.1. The molecule has 0 fully saturated rings. The highest BCUT2D eigenvalue weighted by Gasteiger charge is 1.88. The molecule has 0 radical (unpaired) electrons. The van der Waals surface area contributed by atoms with Gasteiger partial charge in [0.2, 0.25) is 0 Å². The fourth-order valence-corrected chi connectivity index (χ4v) is 1.41. The zero-order valence-corrected chi connectivity index (χ0v) is 14.5. The Morgan fingerprint density at radius 2 is 1.46 bits per heavy atom. The van der Waals surface area contributed by atoms with Crippen LogP contribution < -0.4 is 0 Å². The first-order valence-corrected chi connectivity index (χ1v) is 8.04. The molecule has 2 N–H and O–H groups in total. The molecule has 0 saturated carbocycles. The second-order valence-corrected chi connectivity index (χ2v) is 4.68. The third kappa shape index (κ3) is 27.7. The lowest BCUT2D eigenvalue weighted by Gasteiger charge is -1.92. The molecule has 4 nitrogen and oxygen atoms in total. The van der Waals surface area contributed by atoms with Gasteiger partial charge in [-0.05, 0) is 31.9 Å². The van der Waals surface area contributed by atoms with Crippen LogP contribution in [0.25, 0.3) is 0 Å². The molecular formula is C20H28O4. The van der Waals surface area contributed by atoms with Crippen molar-refractivity contribution in [3.05, 3.63) is 66.5 Å². The highest BCUT2D eigenvalue weighted by molar-refractivity contribution is 5.89. The van der Waals surface area contributed by atoms with Gasteiger partial charge in [0.25, 0.3) is 0 Å². The molecule has 0 atom stereocenters. The lowest BCUT2D eigenvalue weighted by molar-refractivity contribution is -0.134. The van der Waals surface area contributed by atoms with Crippen LogP contribution in [0, 0.1) is 0 Å². The molecule has 0 aromatic carbocycles. The highest BCUT2D eigenvalue weighted by atomic mass is 16.4. The Labute approximate surface area is 144 Å². The molecule has 0 unspecified atom stereocenters. The normalized spacial score (nSPS) is 10.8. The average Bonchev–Trinajstić information content (AvgIpc) is 2.54. The molecule has 0 rings (SSSR count). The minimum atomic E-state index is -1.26. The van der Waals surface area contributed by atoms with E-state index in [9.17, 15) is 9.59 Å². The molecule has 0 aliphatic carbocycles. The monoisotopic (exact) mass is 332 g/mol. The maximum Gasteiger partial charge on any atom is 0.328 e. The number of unbranched alkanes of at least 4 members (excludes halogenated alkanes) is 4. The second-order valence-electron chi connectivity index (χ2n) is 4.68. The summed E-state index contributed by atoms with van der Waals surface area (Å²) in [6.07, 6.45) is 23.9. The molecule has 24 heavy (non-hydrogen) atoms. The minimum absolute atomic E-state index is 0.558. The van der Waals surface area contributed by atoms with Gasteiger partial charge in [-0.25, -0.2) is 9.59 Å². The summed E-state index contributed by atoms with van der Waals surface area (Å²) in [6.45, 7) is 4.20. The van der Waals surface area contributed by atoms with Gasteiger partial charge in [0, 0.05) is 12.2 Å². The van der Waals surface area contributed by atoms with Crippen LogP contribution in [0.5, 0.6) is 0 Å². The van der Waals surface area contributed by atoms with E-state index in [-0.39, 0.29) is 0 Å². The lowest BCUT2D eigenvalue weighted by Crippen LogP contribution is -1.91. The maximum atomic E-state index is 9.55. The van der Waals surface area contributed by atoms with Gasteiger partial charge >= 0.3 is 11.9 Å². The van der Waals surface area contributed by atoms with Crippen LogP contribution in [-0.2, 0) is 9.59 Å². The van der Waals surface area contributed by atoms with Gasteiger partial charge in [0.15, 0.2) is 0 Å². The van der Waals surface area contributed by atoms with Crippen LogP contribution in [0.4, 0.5) is 0 Å². The molecule has 0 aromatic rings. The molecule has 0 amide bonds. The van der Waals surface area contributed by atoms with Crippen LogP contribution >= 0.6 is 0 Å². The molecule has 0 spiro atoms. The first kappa shape index (κ1) is 23.7. The van der Waals surface area contributed by atoms with Gasteiger partial charge < -0.3 is 10.2 Å². The first-order chi connectivity index (χ1) is 11.5. The predicted molar refractivity (Wildman–Crippen MR) is 98.9 cm³/mol. The minimum Gasteiger partial charge on any atom is -0.478 e. The summed E-state index contributed by atoms with van der Waals surface area (Å²) in [5, 5.41) is 15.6. The van der Waals surface area contributed by atoms with Crippen molar-refractivity contribution in [2.24, 2.45) is 0 Å². The van der Waals surface area contributed by atoms with E-state index in [1.807, 2.05) is 37.3 Å². The number of carboxylic acids is 2. The Hall–Kier alpha value is -2.58. The summed E-state index contributed by atoms with van der Waals surface area (Å²) >= 11 is 0. The largest absolute Gasteiger partial charge is 0.478 e. The summed E-state index contributed by atoms with van der Waals surface area (Å²) in [5.74, 6) is -2.51. The van der Waals surface area contributed by atoms with E-state index in [4.69, 9.17) is 10.2 Å². The number of allylic oxidation sites excluding steroid dienone is 7. The van der Waals surface area contributed by atoms with Crippen LogP contribution in [0.3, 0.4) is 0 Å². The summed E-state index contributed by atoms with van der Waals surface area (Å²) in [6, 6.07) is 0. The molecule has 0 bridgehead atoms. The lowest BCUT2D eigenvalue weighted by atomic mass is 10.1. The molecule has 0 aromatic heterocycles. The third-order valence-electron chi connectivity index (χ3n) is 2.53. The Morgan fingerprint density at radius 3 is 2.00 bits per heavy atom. The summed E-state index contributed by atoms with van der Waals surface area (Å²) in [5.41, 5.74) is 2.99. The summed E-state index contributed by atoms with van der Waals surface area (Å²) in [7, 11) is 0. The van der Waals surface area contributed by atoms with E-state index in [2.05, 4.69) is 30.9 Å². The van der Waals surface area contributed by atoms with Gasteiger partial charge in [-0.2, -0.15) is 0 Å². The smallest absolute Gasteiger partial charge is 0.328 e. The molecule has 0 aliphatic heterocycles. The van der Waals surface area contributed by atoms with Crippen LogP contribution in [0.1, 0.15) is 46.0 Å². The number of hydrogen-bond acceptors (Lipinski definition) is 2. The predicted octanol–water partition coefficient (Wildman–Crippen LogP) is 5.07. The van der Waals surface area contributed by atoms with E-state index in [1.54, 1.807) is 0 Å². The average molecular weight is 332 g/mol. The van der Waals surface area contributed by atoms with Crippen molar-refractivity contribution in [1.82, 2.24) is 0 Å². The van der Waals surface area contributed by atoms with Gasteiger partial charge in [-0.3, -0.25) is 0 Å². The van der Waals surface area contributed by atoms with E-state index in [1.165, 1.54) is 32.1 Å². The van der Waals surface area contributed by atoms with E-state index in [0.717, 1.165) is 0 Å². The van der Waals surface area contributed by atoms with Crippen molar-refractivity contribution in [2.45, 2.75) is 46.0 Å². The Kier molecular flexibility index (Phi) is 20.2. The molecule has 0 saturated heterocycles. The van der Waals surface area contributed by atoms with Crippen molar-refractivity contribution in [3.63, 3.8) is 0 Å². The number of aliphatic carboxylic acids is 2. The molecular weight excluding hydrogens is 304 g/mol. The quantitative estimate of drug-likeness (QED) is 0.253. The zero-order chi connectivity index (χ0) is 18.5. The van der Waals surface area contributed by atoms with Crippen molar-refractivity contribution >= 4 is 11.9 Å². The van der Waals surface area contributed by atoms with Crippen molar-refractivity contribution < 1.29 is 19.8 Å². The van der Waals surface area contributed by atoms with Crippen molar-refractivity contribution in [2.75, 3.05) is 0 Å². The molecule has 0 heterocycles. The number of hydrogen-bond donors (Lipinski definition) is 2. The summed E-state index contributed by atoms with van der Waals surface area (Å²) < 4.78 is 0. The molecule has 132 valence electrons. The Bertz CT molecular complexity index is 486. The fourth-order valence-electron chi connectivity index (χ4n) is 1.41. The Balaban J connectivity index is 0. The van der Waals surface area contributed by atoms with Crippen molar-refractivity contribution in [1.29, 1.82) is 0 Å². The number of rotatable bonds is 10. The van der Waals surface area contributed by atoms with Gasteiger partial charge in [-0.1, -0.05) is 62.6 Å². The van der Waals surface area contributed by atoms with Gasteiger partial charge in [0.05, 0.1) is 0 Å². The molecule has 4 heteroatoms. The van der Waals surface area contributed by atoms with Crippen LogP contribution in [0.15, 0.2) is 66.5 Å².